The van der Waals surface area contributed by atoms with Crippen LogP contribution in [0.1, 0.15) is 67.9 Å². The molecule has 3 fully saturated rings. The van der Waals surface area contributed by atoms with Gasteiger partial charge in [-0.1, -0.05) is 78.9 Å². The lowest BCUT2D eigenvalue weighted by molar-refractivity contribution is -0.169. The Bertz CT molecular complexity index is 2090. The molecule has 0 aliphatic carbocycles. The molecule has 0 spiro atoms. The van der Waals surface area contributed by atoms with E-state index < -0.39 is 17.6 Å². The number of hydrogen-bond donors (Lipinski definition) is 3. The van der Waals surface area contributed by atoms with Gasteiger partial charge < -0.3 is 34.6 Å². The summed E-state index contributed by atoms with van der Waals surface area (Å²) in [7, 11) is 1.29. The highest BCUT2D eigenvalue weighted by atomic mass is 16.5. The molecule has 8 rings (SSSR count). The van der Waals surface area contributed by atoms with Gasteiger partial charge in [0.1, 0.15) is 17.7 Å². The third-order valence-electron chi connectivity index (χ3n) is 10.8. The summed E-state index contributed by atoms with van der Waals surface area (Å²) < 4.78 is 10.2. The van der Waals surface area contributed by atoms with Crippen molar-refractivity contribution in [2.75, 3.05) is 33.4 Å². The van der Waals surface area contributed by atoms with Crippen LogP contribution in [0.3, 0.4) is 0 Å². The molecule has 53 heavy (non-hydrogen) atoms. The Morgan fingerprint density at radius 3 is 1.79 bits per heavy atom. The second kappa shape index (κ2) is 14.3. The molecule has 2 aromatic heterocycles. The Balaban J connectivity index is 0.933. The van der Waals surface area contributed by atoms with Crippen molar-refractivity contribution in [1.82, 2.24) is 35.1 Å². The minimum atomic E-state index is -0.867. The monoisotopic (exact) mass is 713 g/mol. The molecular formula is C41H43N7O5. The maximum atomic E-state index is 13.9. The van der Waals surface area contributed by atoms with E-state index >= 15 is 0 Å². The van der Waals surface area contributed by atoms with E-state index in [1.165, 1.54) is 7.11 Å². The molecule has 12 nitrogen and oxygen atoms in total. The summed E-state index contributed by atoms with van der Waals surface area (Å²) >= 11 is 0. The lowest BCUT2D eigenvalue weighted by atomic mass is 9.86. The normalized spacial score (nSPS) is 19.8. The molecular weight excluding hydrogens is 670 g/mol. The number of benzene rings is 3. The van der Waals surface area contributed by atoms with Gasteiger partial charge in [0.25, 0.3) is 5.91 Å². The third-order valence-corrected chi connectivity index (χ3v) is 10.8. The van der Waals surface area contributed by atoms with Crippen molar-refractivity contribution >= 4 is 17.9 Å². The molecule has 3 amide bonds. The number of aromatic nitrogens is 4. The van der Waals surface area contributed by atoms with Crippen molar-refractivity contribution in [2.45, 2.75) is 50.7 Å². The second-order valence-electron chi connectivity index (χ2n) is 14.4. The average molecular weight is 714 g/mol. The van der Waals surface area contributed by atoms with Crippen molar-refractivity contribution in [2.24, 2.45) is 5.41 Å². The first-order chi connectivity index (χ1) is 25.8. The Morgan fingerprint density at radius 2 is 1.28 bits per heavy atom. The number of carbonyl (C=O) groups excluding carboxylic acids is 3. The Labute approximate surface area is 307 Å². The number of nitrogens with zero attached hydrogens (tertiary/aromatic N) is 4. The lowest BCUT2D eigenvalue weighted by Gasteiger charge is -2.40. The van der Waals surface area contributed by atoms with Crippen LogP contribution in [-0.2, 0) is 19.1 Å². The summed E-state index contributed by atoms with van der Waals surface area (Å²) in [5.74, 6) is 1.50. The van der Waals surface area contributed by atoms with E-state index in [0.717, 1.165) is 71.7 Å². The predicted molar refractivity (Wildman–Crippen MR) is 198 cm³/mol. The van der Waals surface area contributed by atoms with Gasteiger partial charge in [0.15, 0.2) is 0 Å². The molecule has 0 unspecified atom stereocenters. The molecule has 0 bridgehead atoms. The Morgan fingerprint density at radius 1 is 0.774 bits per heavy atom. The number of H-pyrrole nitrogens is 2. The molecule has 5 aromatic rings. The first kappa shape index (κ1) is 34.3. The fraction of sp³-hybridized carbons (Fsp3) is 0.341. The zero-order chi connectivity index (χ0) is 36.5. The van der Waals surface area contributed by atoms with Crippen LogP contribution in [0.5, 0.6) is 0 Å². The van der Waals surface area contributed by atoms with E-state index in [2.05, 4.69) is 63.8 Å². The van der Waals surface area contributed by atoms with Crippen LogP contribution in [0.2, 0.25) is 0 Å². The number of aromatic amines is 2. The summed E-state index contributed by atoms with van der Waals surface area (Å²) in [5, 5.41) is 2.71. The largest absolute Gasteiger partial charge is 0.453 e. The zero-order valence-corrected chi connectivity index (χ0v) is 29.9. The molecule has 0 radical (unpaired) electrons. The molecule has 3 aliphatic heterocycles. The van der Waals surface area contributed by atoms with E-state index in [-0.39, 0.29) is 23.9 Å². The SMILES string of the molecule is COC(=O)N[C@@H](C(=O)N1CCC[C@@H]1c1ncc(-c2ccc(-c3ccc(-c4cnc([C@@H]5CCCN5C(=O)C5(C)COC5)[nH]4)cc3)cc2)[nH]1)c1ccccc1. The molecule has 3 aliphatic rings. The number of likely N-dealkylation sites (tertiary alicyclic amines) is 2. The summed E-state index contributed by atoms with van der Waals surface area (Å²) in [6.07, 6.45) is 6.46. The number of rotatable bonds is 9. The number of amides is 3. The van der Waals surface area contributed by atoms with Crippen molar-refractivity contribution in [3.05, 3.63) is 108 Å². The van der Waals surface area contributed by atoms with Crippen LogP contribution in [0, 0.1) is 5.41 Å². The topological polar surface area (TPSA) is 146 Å². The lowest BCUT2D eigenvalue weighted by Crippen LogP contribution is -2.53. The van der Waals surface area contributed by atoms with Gasteiger partial charge in [-0.05, 0) is 60.4 Å². The Hall–Kier alpha value is -5.75. The maximum absolute atomic E-state index is 13.9. The molecule has 12 heteroatoms. The number of hydrogen-bond acceptors (Lipinski definition) is 7. The number of imidazole rings is 2. The van der Waals surface area contributed by atoms with Gasteiger partial charge in [0.05, 0.1) is 61.6 Å². The average Bonchev–Trinajstić information content (AvgIpc) is 4.03. The van der Waals surface area contributed by atoms with Gasteiger partial charge >= 0.3 is 6.09 Å². The molecule has 3 N–H and O–H groups in total. The summed E-state index contributed by atoms with van der Waals surface area (Å²) in [4.78, 5) is 59.4. The van der Waals surface area contributed by atoms with Crippen LogP contribution in [0.4, 0.5) is 4.79 Å². The second-order valence-corrected chi connectivity index (χ2v) is 14.4. The molecule has 3 atom stereocenters. The van der Waals surface area contributed by atoms with Gasteiger partial charge in [0.2, 0.25) is 5.91 Å². The minimum Gasteiger partial charge on any atom is -0.453 e. The standard InChI is InChI=1S/C41H43N7O5/c1-41(24-53-25-41)39(50)48-21-7-11-34(48)37-43-23-32(45-37)29-18-14-27(15-19-29)26-12-16-28(17-13-26)31-22-42-36(44-31)33-10-6-20-47(33)38(49)35(46-40(51)52-2)30-8-4-3-5-9-30/h3-5,8-9,12-19,22-23,33-35H,6-7,10-11,20-21,24-25H2,1-2H3,(H,42,44)(H,43,45)(H,46,51)/t33-,34+,35-/m1/s1. The number of methoxy groups -OCH3 is 1. The van der Waals surface area contributed by atoms with Crippen LogP contribution in [0.25, 0.3) is 33.6 Å². The van der Waals surface area contributed by atoms with E-state index in [1.807, 2.05) is 54.5 Å². The number of ether oxygens (including phenoxy) is 2. The highest BCUT2D eigenvalue weighted by Crippen LogP contribution is 2.38. The number of alkyl carbamates (subject to hydrolysis) is 1. The van der Waals surface area contributed by atoms with Crippen LogP contribution >= 0.6 is 0 Å². The van der Waals surface area contributed by atoms with Crippen LogP contribution in [-0.4, -0.2) is 81.1 Å². The van der Waals surface area contributed by atoms with E-state index in [4.69, 9.17) is 19.4 Å². The zero-order valence-electron chi connectivity index (χ0n) is 29.9. The first-order valence-electron chi connectivity index (χ1n) is 18.2. The fourth-order valence-electron chi connectivity index (χ4n) is 7.75. The van der Waals surface area contributed by atoms with Crippen LogP contribution in [0.15, 0.2) is 91.3 Å². The Kier molecular flexibility index (Phi) is 9.30. The van der Waals surface area contributed by atoms with Crippen molar-refractivity contribution in [1.29, 1.82) is 0 Å². The highest BCUT2D eigenvalue weighted by Gasteiger charge is 2.47. The molecule has 272 valence electrons. The van der Waals surface area contributed by atoms with E-state index in [1.54, 1.807) is 4.90 Å². The number of carbonyl (C=O) groups is 3. The summed E-state index contributed by atoms with van der Waals surface area (Å²) in [5.41, 5.74) is 6.23. The highest BCUT2D eigenvalue weighted by molar-refractivity contribution is 5.87. The molecule has 3 aromatic carbocycles. The van der Waals surface area contributed by atoms with Crippen molar-refractivity contribution in [3.8, 4) is 33.6 Å². The molecule has 5 heterocycles. The van der Waals surface area contributed by atoms with Gasteiger partial charge in [-0.3, -0.25) is 9.59 Å². The third kappa shape index (κ3) is 6.70. The molecule has 3 saturated heterocycles. The van der Waals surface area contributed by atoms with E-state index in [9.17, 15) is 14.4 Å². The summed E-state index contributed by atoms with van der Waals surface area (Å²) in [6, 6.07) is 24.7. The smallest absolute Gasteiger partial charge is 0.407 e. The van der Waals surface area contributed by atoms with Crippen LogP contribution < -0.4 is 5.32 Å². The minimum absolute atomic E-state index is 0.0423. The predicted octanol–water partition coefficient (Wildman–Crippen LogP) is 6.59. The van der Waals surface area contributed by atoms with Crippen molar-refractivity contribution in [3.63, 3.8) is 0 Å². The fourth-order valence-corrected chi connectivity index (χ4v) is 7.75. The quantitative estimate of drug-likeness (QED) is 0.156. The van der Waals surface area contributed by atoms with Gasteiger partial charge in [-0.2, -0.15) is 0 Å². The van der Waals surface area contributed by atoms with Gasteiger partial charge in [-0.15, -0.1) is 0 Å². The first-order valence-corrected chi connectivity index (χ1v) is 18.2. The number of nitrogens with one attached hydrogen (secondary N) is 3. The van der Waals surface area contributed by atoms with Gasteiger partial charge in [-0.25, -0.2) is 14.8 Å². The molecule has 0 saturated carbocycles. The maximum Gasteiger partial charge on any atom is 0.407 e. The van der Waals surface area contributed by atoms with Crippen molar-refractivity contribution < 1.29 is 23.9 Å². The summed E-state index contributed by atoms with van der Waals surface area (Å²) in [6.45, 7) is 4.26. The van der Waals surface area contributed by atoms with Gasteiger partial charge in [0, 0.05) is 13.1 Å². The van der Waals surface area contributed by atoms with E-state index in [0.29, 0.717) is 31.1 Å².